The Balaban J connectivity index is 1.88. The first-order valence-electron chi connectivity index (χ1n) is 7.32. The molecule has 7 heteroatoms. The first kappa shape index (κ1) is 15.8. The predicted octanol–water partition coefficient (Wildman–Crippen LogP) is 2.90. The van der Waals surface area contributed by atoms with E-state index in [1.807, 2.05) is 0 Å². The minimum atomic E-state index is -0.495. The quantitative estimate of drug-likeness (QED) is 0.491. The topological polar surface area (TPSA) is 80.5 Å². The number of hydrogen-bond acceptors (Lipinski definition) is 4. The van der Waals surface area contributed by atoms with Crippen molar-refractivity contribution >= 4 is 23.1 Å². The largest absolute Gasteiger partial charge is 0.304 e. The Bertz CT molecular complexity index is 833. The van der Waals surface area contributed by atoms with E-state index in [9.17, 15) is 24.1 Å². The highest BCUT2D eigenvalue weighted by molar-refractivity contribution is 6.06. The second-order valence-electron chi connectivity index (χ2n) is 5.48. The van der Waals surface area contributed by atoms with Gasteiger partial charge in [-0.25, -0.2) is 4.39 Å². The van der Waals surface area contributed by atoms with Crippen LogP contribution in [0.5, 0.6) is 0 Å². The molecule has 2 aromatic rings. The normalized spacial score (nSPS) is 13.5. The van der Waals surface area contributed by atoms with Crippen LogP contribution in [0.2, 0.25) is 0 Å². The van der Waals surface area contributed by atoms with Crippen molar-refractivity contribution in [1.82, 2.24) is 0 Å². The number of anilines is 1. The van der Waals surface area contributed by atoms with Gasteiger partial charge in [-0.05, 0) is 42.3 Å². The number of non-ortho nitro benzene ring substituents is 1. The lowest BCUT2D eigenvalue weighted by Crippen LogP contribution is -2.39. The Kier molecular flexibility index (Phi) is 4.07. The van der Waals surface area contributed by atoms with Gasteiger partial charge < -0.3 is 4.90 Å². The molecule has 3 rings (SSSR count). The van der Waals surface area contributed by atoms with Crippen molar-refractivity contribution in [2.75, 3.05) is 11.4 Å². The number of amides is 1. The van der Waals surface area contributed by atoms with Gasteiger partial charge in [-0.1, -0.05) is 0 Å². The van der Waals surface area contributed by atoms with Crippen molar-refractivity contribution in [3.63, 3.8) is 0 Å². The lowest BCUT2D eigenvalue weighted by atomic mass is 9.99. The van der Waals surface area contributed by atoms with Crippen LogP contribution in [0.15, 0.2) is 42.5 Å². The molecule has 6 nitrogen and oxygen atoms in total. The van der Waals surface area contributed by atoms with Crippen molar-refractivity contribution in [3.05, 3.63) is 69.5 Å². The smallest absolute Gasteiger partial charge is 0.269 e. The summed E-state index contributed by atoms with van der Waals surface area (Å²) in [6.45, 7) is -0.185. The molecule has 0 saturated heterocycles. The number of Topliss-reactive ketones (excluding diaryl/α,β-unsaturated/α-hetero) is 1. The molecule has 0 aliphatic carbocycles. The average molecular weight is 328 g/mol. The van der Waals surface area contributed by atoms with Crippen LogP contribution in [0.3, 0.4) is 0 Å². The van der Waals surface area contributed by atoms with E-state index in [1.54, 1.807) is 0 Å². The number of nitro groups is 1. The Morgan fingerprint density at radius 2 is 1.88 bits per heavy atom. The standard InChI is InChI=1S/C17H13FN2O4/c18-13-4-1-11(2-5-13)16(21)10-19-15-7-6-14(20(23)24)9-12(15)3-8-17(19)22/h1-2,4-7,9H,3,8,10H2. The molecule has 122 valence electrons. The van der Waals surface area contributed by atoms with Gasteiger partial charge in [-0.3, -0.25) is 19.7 Å². The maximum absolute atomic E-state index is 12.9. The number of nitrogens with zero attached hydrogens (tertiary/aromatic N) is 2. The SMILES string of the molecule is O=C(CN1C(=O)CCc2cc([N+](=O)[O-])ccc21)c1ccc(F)cc1. The fourth-order valence-electron chi connectivity index (χ4n) is 2.70. The zero-order valence-electron chi connectivity index (χ0n) is 12.6. The summed E-state index contributed by atoms with van der Waals surface area (Å²) in [6.07, 6.45) is 0.585. The van der Waals surface area contributed by atoms with E-state index in [1.165, 1.54) is 47.4 Å². The summed E-state index contributed by atoms with van der Waals surface area (Å²) in [7, 11) is 0. The molecule has 2 aromatic carbocycles. The third-order valence-electron chi connectivity index (χ3n) is 3.94. The van der Waals surface area contributed by atoms with Crippen LogP contribution in [0.4, 0.5) is 15.8 Å². The van der Waals surface area contributed by atoms with Gasteiger partial charge in [-0.2, -0.15) is 0 Å². The Morgan fingerprint density at radius 1 is 1.17 bits per heavy atom. The van der Waals surface area contributed by atoms with Gasteiger partial charge >= 0.3 is 0 Å². The van der Waals surface area contributed by atoms with Gasteiger partial charge in [0.25, 0.3) is 5.69 Å². The first-order valence-corrected chi connectivity index (χ1v) is 7.32. The summed E-state index contributed by atoms with van der Waals surface area (Å²) in [4.78, 5) is 36.2. The number of ketones is 1. The molecule has 1 aliphatic rings. The molecule has 0 atom stereocenters. The molecule has 0 unspecified atom stereocenters. The molecule has 1 aliphatic heterocycles. The van der Waals surface area contributed by atoms with Crippen molar-refractivity contribution in [1.29, 1.82) is 0 Å². The molecule has 0 aromatic heterocycles. The fourth-order valence-corrected chi connectivity index (χ4v) is 2.70. The molecule has 0 N–H and O–H groups in total. The van der Waals surface area contributed by atoms with Gasteiger partial charge in [0.05, 0.1) is 11.5 Å². The number of carbonyl (C=O) groups excluding carboxylic acids is 2. The maximum Gasteiger partial charge on any atom is 0.269 e. The second-order valence-corrected chi connectivity index (χ2v) is 5.48. The molecular formula is C17H13FN2O4. The molecule has 1 heterocycles. The number of benzene rings is 2. The van der Waals surface area contributed by atoms with Gasteiger partial charge in [0.2, 0.25) is 5.91 Å². The number of carbonyl (C=O) groups is 2. The summed E-state index contributed by atoms with van der Waals surface area (Å²) >= 11 is 0. The van der Waals surface area contributed by atoms with Crippen molar-refractivity contribution in [2.24, 2.45) is 0 Å². The van der Waals surface area contributed by atoms with E-state index >= 15 is 0 Å². The highest BCUT2D eigenvalue weighted by Crippen LogP contribution is 2.31. The minimum Gasteiger partial charge on any atom is -0.304 e. The summed E-state index contributed by atoms with van der Waals surface area (Å²) in [6, 6.07) is 9.32. The molecular weight excluding hydrogens is 315 g/mol. The number of halogens is 1. The lowest BCUT2D eigenvalue weighted by Gasteiger charge is -2.28. The molecule has 1 amide bonds. The van der Waals surface area contributed by atoms with Gasteiger partial charge in [0.15, 0.2) is 5.78 Å². The van der Waals surface area contributed by atoms with Crippen LogP contribution in [-0.2, 0) is 11.2 Å². The predicted molar refractivity (Wildman–Crippen MR) is 84.5 cm³/mol. The third kappa shape index (κ3) is 3.01. The molecule has 24 heavy (non-hydrogen) atoms. The van der Waals surface area contributed by atoms with Crippen LogP contribution < -0.4 is 4.90 Å². The second kappa shape index (κ2) is 6.19. The van der Waals surface area contributed by atoms with Gasteiger partial charge in [0.1, 0.15) is 5.82 Å². The van der Waals surface area contributed by atoms with E-state index < -0.39 is 10.7 Å². The number of nitro benzene ring substituents is 1. The van der Waals surface area contributed by atoms with Gasteiger partial charge in [0, 0.05) is 29.8 Å². The van der Waals surface area contributed by atoms with Crippen LogP contribution in [0.1, 0.15) is 22.3 Å². The average Bonchev–Trinajstić information content (AvgIpc) is 2.57. The fraction of sp³-hybridized carbons (Fsp3) is 0.176. The molecule has 0 radical (unpaired) electrons. The lowest BCUT2D eigenvalue weighted by molar-refractivity contribution is -0.384. The van der Waals surface area contributed by atoms with E-state index in [0.29, 0.717) is 23.2 Å². The van der Waals surface area contributed by atoms with Crippen LogP contribution in [0, 0.1) is 15.9 Å². The molecule has 0 bridgehead atoms. The van der Waals surface area contributed by atoms with E-state index in [2.05, 4.69) is 0 Å². The Labute approximate surface area is 136 Å². The number of fused-ring (bicyclic) bond motifs is 1. The van der Waals surface area contributed by atoms with Crippen molar-refractivity contribution in [2.45, 2.75) is 12.8 Å². The molecule has 0 fully saturated rings. The first-order chi connectivity index (χ1) is 11.5. The van der Waals surface area contributed by atoms with Crippen molar-refractivity contribution in [3.8, 4) is 0 Å². The minimum absolute atomic E-state index is 0.0482. The summed E-state index contributed by atoms with van der Waals surface area (Å²) < 4.78 is 12.9. The summed E-state index contributed by atoms with van der Waals surface area (Å²) in [5, 5.41) is 10.9. The zero-order valence-corrected chi connectivity index (χ0v) is 12.6. The van der Waals surface area contributed by atoms with Gasteiger partial charge in [-0.15, -0.1) is 0 Å². The third-order valence-corrected chi connectivity index (χ3v) is 3.94. The molecule has 0 spiro atoms. The summed E-state index contributed by atoms with van der Waals surface area (Å²) in [5.41, 5.74) is 1.43. The number of hydrogen-bond donors (Lipinski definition) is 0. The van der Waals surface area contributed by atoms with Crippen LogP contribution in [0.25, 0.3) is 0 Å². The van der Waals surface area contributed by atoms with E-state index in [4.69, 9.17) is 0 Å². The number of rotatable bonds is 4. The maximum atomic E-state index is 12.9. The van der Waals surface area contributed by atoms with Crippen LogP contribution in [-0.4, -0.2) is 23.2 Å². The van der Waals surface area contributed by atoms with Crippen LogP contribution >= 0.6 is 0 Å². The molecule has 0 saturated carbocycles. The van der Waals surface area contributed by atoms with E-state index in [0.717, 1.165) is 0 Å². The highest BCUT2D eigenvalue weighted by atomic mass is 19.1. The number of aryl methyl sites for hydroxylation is 1. The zero-order chi connectivity index (χ0) is 17.3. The monoisotopic (exact) mass is 328 g/mol. The summed E-state index contributed by atoms with van der Waals surface area (Å²) in [5.74, 6) is -0.986. The van der Waals surface area contributed by atoms with E-state index in [-0.39, 0.29) is 30.3 Å². The Hall–Kier alpha value is -3.09. The Morgan fingerprint density at radius 3 is 2.54 bits per heavy atom. The highest BCUT2D eigenvalue weighted by Gasteiger charge is 2.27. The van der Waals surface area contributed by atoms with Crippen molar-refractivity contribution < 1.29 is 18.9 Å².